The minimum absolute atomic E-state index is 0.0720. The molecule has 1 atom stereocenters. The maximum absolute atomic E-state index is 13.8. The van der Waals surface area contributed by atoms with E-state index in [1.165, 1.54) is 12.3 Å². The molecule has 0 saturated carbocycles. The number of nitrogens with zero attached hydrogens (tertiary/aromatic N) is 1. The molecule has 1 aliphatic heterocycles. The van der Waals surface area contributed by atoms with Crippen molar-refractivity contribution < 1.29 is 13.9 Å². The van der Waals surface area contributed by atoms with Crippen LogP contribution in [0.4, 0.5) is 10.2 Å². The first-order chi connectivity index (χ1) is 11.2. The number of fused-ring (bicyclic) bond motifs is 1. The Morgan fingerprint density at radius 3 is 3.00 bits per heavy atom. The molecule has 1 aromatic heterocycles. The summed E-state index contributed by atoms with van der Waals surface area (Å²) in [6, 6.07) is 8.30. The summed E-state index contributed by atoms with van der Waals surface area (Å²) < 4.78 is 19.2. The molecule has 2 N–H and O–H groups in total. The van der Waals surface area contributed by atoms with Crippen LogP contribution in [0.15, 0.2) is 36.5 Å². The molecule has 1 aliphatic rings. The Morgan fingerprint density at radius 1 is 1.39 bits per heavy atom. The fourth-order valence-electron chi connectivity index (χ4n) is 2.59. The SMILES string of the molecule is CCNC(=O)c1ccc(N[C@H]2CCOc3c(F)cccc32)nc1. The number of amides is 1. The number of aromatic nitrogens is 1. The van der Waals surface area contributed by atoms with Gasteiger partial charge in [0.25, 0.3) is 5.91 Å². The predicted octanol–water partition coefficient (Wildman–Crippen LogP) is 2.91. The number of ether oxygens (including phenoxy) is 1. The Morgan fingerprint density at radius 2 is 2.26 bits per heavy atom. The number of halogens is 1. The summed E-state index contributed by atoms with van der Waals surface area (Å²) in [5.74, 6) is 0.439. The number of para-hydroxylation sites is 1. The van der Waals surface area contributed by atoms with Crippen LogP contribution in [0.1, 0.15) is 35.3 Å². The highest BCUT2D eigenvalue weighted by Crippen LogP contribution is 2.35. The second-order valence-electron chi connectivity index (χ2n) is 5.28. The van der Waals surface area contributed by atoms with Crippen molar-refractivity contribution >= 4 is 11.7 Å². The van der Waals surface area contributed by atoms with E-state index in [9.17, 15) is 9.18 Å². The van der Waals surface area contributed by atoms with Crippen molar-refractivity contribution in [2.75, 3.05) is 18.5 Å². The number of benzene rings is 1. The van der Waals surface area contributed by atoms with Crippen LogP contribution in [-0.4, -0.2) is 24.0 Å². The molecular formula is C17H18FN3O2. The van der Waals surface area contributed by atoms with Crippen LogP contribution in [0.5, 0.6) is 5.75 Å². The standard InChI is InChI=1S/C17H18FN3O2/c1-2-19-17(22)11-6-7-15(20-10-11)21-14-8-9-23-16-12(14)4-3-5-13(16)18/h3-7,10,14H,2,8-9H2,1H3,(H,19,22)(H,20,21)/t14-/m0/s1. The first-order valence-electron chi connectivity index (χ1n) is 7.61. The topological polar surface area (TPSA) is 63.2 Å². The number of rotatable bonds is 4. The second-order valence-corrected chi connectivity index (χ2v) is 5.28. The summed E-state index contributed by atoms with van der Waals surface area (Å²) >= 11 is 0. The van der Waals surface area contributed by atoms with Gasteiger partial charge in [-0.05, 0) is 25.1 Å². The maximum atomic E-state index is 13.8. The molecule has 2 aromatic rings. The molecule has 23 heavy (non-hydrogen) atoms. The lowest BCUT2D eigenvalue weighted by molar-refractivity contribution is 0.0955. The van der Waals surface area contributed by atoms with Crippen molar-refractivity contribution in [1.29, 1.82) is 0 Å². The average Bonchev–Trinajstić information content (AvgIpc) is 2.57. The van der Waals surface area contributed by atoms with E-state index in [4.69, 9.17) is 4.74 Å². The number of carbonyl (C=O) groups is 1. The van der Waals surface area contributed by atoms with E-state index in [0.29, 0.717) is 30.3 Å². The van der Waals surface area contributed by atoms with Gasteiger partial charge in [0.1, 0.15) is 5.82 Å². The number of hydrogen-bond donors (Lipinski definition) is 2. The smallest absolute Gasteiger partial charge is 0.252 e. The molecule has 0 saturated heterocycles. The van der Waals surface area contributed by atoms with Gasteiger partial charge in [0, 0.05) is 24.7 Å². The summed E-state index contributed by atoms with van der Waals surface area (Å²) in [6.45, 7) is 2.88. The van der Waals surface area contributed by atoms with Gasteiger partial charge >= 0.3 is 0 Å². The van der Waals surface area contributed by atoms with E-state index in [2.05, 4.69) is 15.6 Å². The highest BCUT2D eigenvalue weighted by molar-refractivity contribution is 5.93. The molecule has 0 fully saturated rings. The van der Waals surface area contributed by atoms with Gasteiger partial charge in [-0.2, -0.15) is 0 Å². The summed E-state index contributed by atoms with van der Waals surface area (Å²) in [4.78, 5) is 16.0. The number of pyridine rings is 1. The number of carbonyl (C=O) groups excluding carboxylic acids is 1. The minimum Gasteiger partial charge on any atom is -0.490 e. The van der Waals surface area contributed by atoms with Crippen LogP contribution < -0.4 is 15.4 Å². The van der Waals surface area contributed by atoms with Gasteiger partial charge in [0.15, 0.2) is 11.6 Å². The van der Waals surface area contributed by atoms with Crippen molar-refractivity contribution in [3.63, 3.8) is 0 Å². The van der Waals surface area contributed by atoms with Crippen molar-refractivity contribution in [2.24, 2.45) is 0 Å². The molecule has 0 radical (unpaired) electrons. The van der Waals surface area contributed by atoms with Gasteiger partial charge in [-0.15, -0.1) is 0 Å². The quantitative estimate of drug-likeness (QED) is 0.910. The zero-order valence-corrected chi connectivity index (χ0v) is 12.8. The molecule has 0 aliphatic carbocycles. The van der Waals surface area contributed by atoms with Gasteiger partial charge < -0.3 is 15.4 Å². The van der Waals surface area contributed by atoms with Gasteiger partial charge in [-0.1, -0.05) is 12.1 Å². The van der Waals surface area contributed by atoms with Crippen molar-refractivity contribution in [2.45, 2.75) is 19.4 Å². The summed E-state index contributed by atoms with van der Waals surface area (Å²) in [7, 11) is 0. The molecule has 1 aromatic carbocycles. The van der Waals surface area contributed by atoms with Crippen LogP contribution in [0.2, 0.25) is 0 Å². The Kier molecular flexibility index (Phi) is 4.41. The monoisotopic (exact) mass is 315 g/mol. The van der Waals surface area contributed by atoms with E-state index in [-0.39, 0.29) is 17.8 Å². The molecule has 1 amide bonds. The lowest BCUT2D eigenvalue weighted by atomic mass is 10.0. The van der Waals surface area contributed by atoms with E-state index in [1.807, 2.05) is 13.0 Å². The number of anilines is 1. The van der Waals surface area contributed by atoms with Crippen LogP contribution in [0, 0.1) is 5.82 Å². The summed E-state index contributed by atoms with van der Waals surface area (Å²) in [5, 5.41) is 6.00. The summed E-state index contributed by atoms with van der Waals surface area (Å²) in [6.07, 6.45) is 2.25. The minimum atomic E-state index is -0.353. The average molecular weight is 315 g/mol. The molecule has 0 unspecified atom stereocenters. The van der Waals surface area contributed by atoms with E-state index >= 15 is 0 Å². The van der Waals surface area contributed by atoms with E-state index < -0.39 is 0 Å². The normalized spacial score (nSPS) is 16.2. The predicted molar refractivity (Wildman–Crippen MR) is 85.1 cm³/mol. The van der Waals surface area contributed by atoms with E-state index in [1.54, 1.807) is 18.2 Å². The van der Waals surface area contributed by atoms with Crippen molar-refractivity contribution in [3.8, 4) is 5.75 Å². The number of hydrogen-bond acceptors (Lipinski definition) is 4. The Hall–Kier alpha value is -2.63. The largest absolute Gasteiger partial charge is 0.490 e. The number of nitrogens with one attached hydrogen (secondary N) is 2. The fourth-order valence-corrected chi connectivity index (χ4v) is 2.59. The third kappa shape index (κ3) is 3.26. The van der Waals surface area contributed by atoms with E-state index in [0.717, 1.165) is 12.0 Å². The lowest BCUT2D eigenvalue weighted by Crippen LogP contribution is -2.23. The highest BCUT2D eigenvalue weighted by Gasteiger charge is 2.24. The molecule has 5 nitrogen and oxygen atoms in total. The van der Waals surface area contributed by atoms with Gasteiger partial charge in [0.05, 0.1) is 18.2 Å². The highest BCUT2D eigenvalue weighted by atomic mass is 19.1. The zero-order valence-electron chi connectivity index (χ0n) is 12.8. The molecule has 3 rings (SSSR count). The van der Waals surface area contributed by atoms with Crippen molar-refractivity contribution in [3.05, 3.63) is 53.5 Å². The summed E-state index contributed by atoms with van der Waals surface area (Å²) in [5.41, 5.74) is 1.29. The first-order valence-corrected chi connectivity index (χ1v) is 7.61. The lowest BCUT2D eigenvalue weighted by Gasteiger charge is -2.27. The Labute approximate surface area is 133 Å². The van der Waals surface area contributed by atoms with Gasteiger partial charge in [-0.25, -0.2) is 9.37 Å². The van der Waals surface area contributed by atoms with Gasteiger partial charge in [0.2, 0.25) is 0 Å². The first kappa shape index (κ1) is 15.3. The maximum Gasteiger partial charge on any atom is 0.252 e. The zero-order chi connectivity index (χ0) is 16.2. The molecule has 0 spiro atoms. The fraction of sp³-hybridized carbons (Fsp3) is 0.294. The van der Waals surface area contributed by atoms with Crippen LogP contribution in [0.25, 0.3) is 0 Å². The molecule has 2 heterocycles. The van der Waals surface area contributed by atoms with Crippen molar-refractivity contribution in [1.82, 2.24) is 10.3 Å². The second kappa shape index (κ2) is 6.64. The molecular weight excluding hydrogens is 297 g/mol. The molecule has 0 bridgehead atoms. The molecule has 6 heteroatoms. The van der Waals surface area contributed by atoms with Gasteiger partial charge in [-0.3, -0.25) is 4.79 Å². The molecule has 120 valence electrons. The third-order valence-corrected chi connectivity index (χ3v) is 3.71. The third-order valence-electron chi connectivity index (χ3n) is 3.71. The Balaban J connectivity index is 1.76. The van der Waals surface area contributed by atoms with Crippen LogP contribution in [0.3, 0.4) is 0 Å². The Bertz CT molecular complexity index is 703. The van der Waals surface area contributed by atoms with Crippen LogP contribution >= 0.6 is 0 Å². The van der Waals surface area contributed by atoms with Crippen LogP contribution in [-0.2, 0) is 0 Å².